The third-order valence-electron chi connectivity index (χ3n) is 2.81. The van der Waals surface area contributed by atoms with Crippen molar-refractivity contribution in [1.82, 2.24) is 15.0 Å². The van der Waals surface area contributed by atoms with E-state index in [1.165, 1.54) is 13.0 Å². The van der Waals surface area contributed by atoms with Crippen LogP contribution in [0.5, 0.6) is 0 Å². The van der Waals surface area contributed by atoms with Crippen molar-refractivity contribution in [3.8, 4) is 0 Å². The Morgan fingerprint density at radius 2 is 2.05 bits per heavy atom. The molecule has 0 aromatic carbocycles. The molecule has 2 heterocycles. The normalized spacial score (nSPS) is 13.7. The summed E-state index contributed by atoms with van der Waals surface area (Å²) in [6.07, 6.45) is -4.16. The van der Waals surface area contributed by atoms with E-state index in [4.69, 9.17) is 0 Å². The summed E-state index contributed by atoms with van der Waals surface area (Å²) in [6, 6.07) is 1.21. The monoisotopic (exact) mass is 349 g/mol. The van der Waals surface area contributed by atoms with Gasteiger partial charge in [0.25, 0.3) is 5.56 Å². The van der Waals surface area contributed by atoms with Crippen LogP contribution in [-0.2, 0) is 6.18 Å². The lowest BCUT2D eigenvalue weighted by atomic mass is 10.1. The molecule has 8 heteroatoms. The van der Waals surface area contributed by atoms with Gasteiger partial charge >= 0.3 is 6.18 Å². The maximum Gasteiger partial charge on any atom is 0.433 e. The SMILES string of the molecule is CCC(Br)c1cc2c(=O)[nH]c(C)nc2nc1C(F)(F)F. The smallest absolute Gasteiger partial charge is 0.310 e. The Morgan fingerprint density at radius 3 is 2.60 bits per heavy atom. The molecule has 2 aromatic rings. The van der Waals surface area contributed by atoms with Gasteiger partial charge in [0.1, 0.15) is 5.82 Å². The predicted molar refractivity (Wildman–Crippen MR) is 71.9 cm³/mol. The van der Waals surface area contributed by atoms with Gasteiger partial charge in [-0.2, -0.15) is 13.2 Å². The number of hydrogen-bond acceptors (Lipinski definition) is 3. The van der Waals surface area contributed by atoms with Gasteiger partial charge < -0.3 is 4.98 Å². The molecule has 0 saturated carbocycles. The highest BCUT2D eigenvalue weighted by atomic mass is 79.9. The van der Waals surface area contributed by atoms with Crippen LogP contribution in [0.4, 0.5) is 13.2 Å². The Kier molecular flexibility index (Phi) is 3.86. The molecule has 0 saturated heterocycles. The van der Waals surface area contributed by atoms with E-state index in [9.17, 15) is 18.0 Å². The summed E-state index contributed by atoms with van der Waals surface area (Å²) >= 11 is 3.18. The summed E-state index contributed by atoms with van der Waals surface area (Å²) in [5.41, 5.74) is -1.75. The second-order valence-corrected chi connectivity index (χ2v) is 5.43. The first kappa shape index (κ1) is 15.0. The summed E-state index contributed by atoms with van der Waals surface area (Å²) in [4.78, 5) is 21.1. The van der Waals surface area contributed by atoms with Crippen molar-refractivity contribution in [2.45, 2.75) is 31.3 Å². The minimum atomic E-state index is -4.59. The Balaban J connectivity index is 2.85. The van der Waals surface area contributed by atoms with E-state index in [-0.39, 0.29) is 22.4 Å². The number of fused-ring (bicyclic) bond motifs is 1. The summed E-state index contributed by atoms with van der Waals surface area (Å²) in [6.45, 7) is 3.23. The zero-order chi connectivity index (χ0) is 15.1. The number of hydrogen-bond donors (Lipinski definition) is 1. The maximum atomic E-state index is 13.1. The van der Waals surface area contributed by atoms with E-state index in [1.54, 1.807) is 6.92 Å². The molecule has 20 heavy (non-hydrogen) atoms. The van der Waals surface area contributed by atoms with Gasteiger partial charge in [-0.3, -0.25) is 4.79 Å². The molecule has 0 amide bonds. The molecule has 0 aliphatic carbocycles. The standard InChI is InChI=1S/C12H11BrF3N3O/c1-3-8(13)6-4-7-10(17-5(2)18-11(7)20)19-9(6)12(14,15)16/h4,8H,3H2,1-2H3,(H,17,18,19,20). The predicted octanol–water partition coefficient (Wildman–Crippen LogP) is 3.49. The number of halogens is 4. The van der Waals surface area contributed by atoms with Gasteiger partial charge in [-0.05, 0) is 25.0 Å². The molecule has 1 N–H and O–H groups in total. The molecule has 0 bridgehead atoms. The number of rotatable bonds is 2. The number of H-pyrrole nitrogens is 1. The zero-order valence-electron chi connectivity index (χ0n) is 10.7. The molecule has 4 nitrogen and oxygen atoms in total. The summed E-state index contributed by atoms with van der Waals surface area (Å²) in [5, 5.41) is 0.0523. The van der Waals surface area contributed by atoms with Crippen molar-refractivity contribution >= 4 is 27.0 Å². The summed E-state index contributed by atoms with van der Waals surface area (Å²) < 4.78 is 39.2. The van der Waals surface area contributed by atoms with Gasteiger partial charge in [0.15, 0.2) is 11.3 Å². The van der Waals surface area contributed by atoms with Crippen LogP contribution < -0.4 is 5.56 Å². The Hall–Kier alpha value is -1.44. The van der Waals surface area contributed by atoms with Gasteiger partial charge in [-0.1, -0.05) is 22.9 Å². The van der Waals surface area contributed by atoms with Crippen LogP contribution >= 0.6 is 15.9 Å². The zero-order valence-corrected chi connectivity index (χ0v) is 12.3. The van der Waals surface area contributed by atoms with Gasteiger partial charge in [0.2, 0.25) is 0 Å². The molecule has 2 aromatic heterocycles. The number of nitrogens with zero attached hydrogens (tertiary/aromatic N) is 2. The minimum absolute atomic E-state index is 0.0522. The molecule has 0 fully saturated rings. The Morgan fingerprint density at radius 1 is 1.40 bits per heavy atom. The maximum absolute atomic E-state index is 13.1. The van der Waals surface area contributed by atoms with Crippen LogP contribution in [-0.4, -0.2) is 15.0 Å². The fourth-order valence-corrected chi connectivity index (χ4v) is 2.22. The lowest BCUT2D eigenvalue weighted by Crippen LogP contribution is -2.17. The van der Waals surface area contributed by atoms with E-state index < -0.39 is 22.3 Å². The van der Waals surface area contributed by atoms with E-state index in [0.29, 0.717) is 6.42 Å². The number of aromatic amines is 1. The Bertz CT molecular complexity index is 711. The third-order valence-corrected chi connectivity index (χ3v) is 3.95. The van der Waals surface area contributed by atoms with E-state index >= 15 is 0 Å². The molecule has 0 radical (unpaired) electrons. The fraction of sp³-hybridized carbons (Fsp3) is 0.417. The third kappa shape index (κ3) is 2.70. The van der Waals surface area contributed by atoms with Crippen LogP contribution in [0.25, 0.3) is 11.0 Å². The average Bonchev–Trinajstić information content (AvgIpc) is 2.35. The molecule has 0 spiro atoms. The number of aromatic nitrogens is 3. The second kappa shape index (κ2) is 5.16. The van der Waals surface area contributed by atoms with Crippen LogP contribution in [0, 0.1) is 6.92 Å². The van der Waals surface area contributed by atoms with Gasteiger partial charge in [0.05, 0.1) is 5.39 Å². The van der Waals surface area contributed by atoms with E-state index in [1.807, 2.05) is 0 Å². The van der Waals surface area contributed by atoms with Crippen LogP contribution in [0.3, 0.4) is 0 Å². The van der Waals surface area contributed by atoms with Crippen molar-refractivity contribution in [1.29, 1.82) is 0 Å². The molecule has 2 rings (SSSR count). The van der Waals surface area contributed by atoms with E-state index in [2.05, 4.69) is 30.9 Å². The van der Waals surface area contributed by atoms with Gasteiger partial charge in [-0.15, -0.1) is 0 Å². The van der Waals surface area contributed by atoms with Crippen molar-refractivity contribution < 1.29 is 13.2 Å². The van der Waals surface area contributed by atoms with Crippen molar-refractivity contribution in [2.75, 3.05) is 0 Å². The average molecular weight is 350 g/mol. The molecule has 1 unspecified atom stereocenters. The van der Waals surface area contributed by atoms with Gasteiger partial charge in [0, 0.05) is 4.83 Å². The highest BCUT2D eigenvalue weighted by molar-refractivity contribution is 9.09. The van der Waals surface area contributed by atoms with Crippen LogP contribution in [0.15, 0.2) is 10.9 Å². The van der Waals surface area contributed by atoms with Crippen LogP contribution in [0.1, 0.15) is 35.3 Å². The first-order chi connectivity index (χ1) is 9.24. The molecular formula is C12H11BrF3N3O. The highest BCUT2D eigenvalue weighted by Crippen LogP contribution is 2.38. The number of nitrogens with one attached hydrogen (secondary N) is 1. The van der Waals surface area contributed by atoms with Crippen LogP contribution in [0.2, 0.25) is 0 Å². The van der Waals surface area contributed by atoms with Crippen molar-refractivity contribution in [3.05, 3.63) is 33.5 Å². The molecule has 0 aliphatic heterocycles. The Labute approximate surface area is 120 Å². The largest absolute Gasteiger partial charge is 0.433 e. The van der Waals surface area contributed by atoms with Gasteiger partial charge in [-0.25, -0.2) is 9.97 Å². The lowest BCUT2D eigenvalue weighted by Gasteiger charge is -2.15. The van der Waals surface area contributed by atoms with Crippen molar-refractivity contribution in [3.63, 3.8) is 0 Å². The molecule has 108 valence electrons. The molecule has 1 atom stereocenters. The second-order valence-electron chi connectivity index (χ2n) is 4.32. The van der Waals surface area contributed by atoms with E-state index in [0.717, 1.165) is 0 Å². The molecule has 0 aliphatic rings. The topological polar surface area (TPSA) is 58.6 Å². The van der Waals surface area contributed by atoms with Crippen molar-refractivity contribution in [2.24, 2.45) is 0 Å². The molecular weight excluding hydrogens is 339 g/mol. The number of aryl methyl sites for hydroxylation is 1. The first-order valence-electron chi connectivity index (χ1n) is 5.87. The fourth-order valence-electron chi connectivity index (χ4n) is 1.88. The minimum Gasteiger partial charge on any atom is -0.310 e. The number of alkyl halides is 4. The first-order valence-corrected chi connectivity index (χ1v) is 6.78. The summed E-state index contributed by atoms with van der Waals surface area (Å²) in [7, 11) is 0. The highest BCUT2D eigenvalue weighted by Gasteiger charge is 2.37. The lowest BCUT2D eigenvalue weighted by molar-refractivity contribution is -0.141. The summed E-state index contributed by atoms with van der Waals surface area (Å²) in [5.74, 6) is 0.224. The number of pyridine rings is 1. The quantitative estimate of drug-likeness (QED) is 0.844.